The largest absolute Gasteiger partial charge is 0.440 e. The number of aromatic nitrogens is 4. The Morgan fingerprint density at radius 3 is 2.04 bits per heavy atom. The first-order valence-electron chi connectivity index (χ1n) is 19.3. The van der Waals surface area contributed by atoms with Crippen LogP contribution in [-0.2, 0) is 5.41 Å². The Labute approximate surface area is 319 Å². The minimum absolute atomic E-state index is 0.229. The first kappa shape index (κ1) is 33.3. The second kappa shape index (κ2) is 12.1. The Balaban J connectivity index is 1.30. The summed E-state index contributed by atoms with van der Waals surface area (Å²) in [5.74, 6) is 2.00. The highest BCUT2D eigenvalue weighted by molar-refractivity contribution is 6.14. The Bertz CT molecular complexity index is 3110. The maximum absolute atomic E-state index is 6.85. The average Bonchev–Trinajstić information content (AvgIpc) is 3.90. The van der Waals surface area contributed by atoms with E-state index in [9.17, 15) is 0 Å². The van der Waals surface area contributed by atoms with Crippen molar-refractivity contribution in [2.45, 2.75) is 65.7 Å². The number of oxazole rings is 1. The van der Waals surface area contributed by atoms with Gasteiger partial charge in [-0.3, -0.25) is 4.57 Å². The van der Waals surface area contributed by atoms with Gasteiger partial charge in [0.1, 0.15) is 22.4 Å². The number of rotatable bonds is 5. The number of benzene rings is 6. The molecule has 0 spiro atoms. The lowest BCUT2D eigenvalue weighted by Gasteiger charge is -2.24. The standard InChI is InChI=1S/C49H42N4O2/c1-27(2)36-25-32(29-14-9-8-10-15-29)26-37(28(3)4)43(36)53-44-33-17-12-11-16-30(33)20-22-39(44)50-46(53)35-19-13-18-34-38-24-31-21-23-40-42(52-48(54-40)49(5,6)7)41(31)51-47(38)55-45(34)35/h8-28H,1-7H3. The maximum Gasteiger partial charge on any atom is 0.227 e. The van der Waals surface area contributed by atoms with E-state index in [1.165, 1.54) is 33.3 Å². The molecule has 270 valence electrons. The van der Waals surface area contributed by atoms with Crippen LogP contribution in [0.15, 0.2) is 124 Å². The molecule has 10 rings (SSSR count). The summed E-state index contributed by atoms with van der Waals surface area (Å²) in [6.45, 7) is 15.5. The molecule has 0 aliphatic heterocycles. The third-order valence-electron chi connectivity index (χ3n) is 11.0. The number of para-hydroxylation sites is 1. The third-order valence-corrected chi connectivity index (χ3v) is 11.0. The number of hydrogen-bond acceptors (Lipinski definition) is 5. The summed E-state index contributed by atoms with van der Waals surface area (Å²) in [6.07, 6.45) is 0. The quantitative estimate of drug-likeness (QED) is 0.177. The molecule has 0 bridgehead atoms. The summed E-state index contributed by atoms with van der Waals surface area (Å²) in [5, 5.41) is 5.27. The molecule has 6 nitrogen and oxygen atoms in total. The average molecular weight is 719 g/mol. The van der Waals surface area contributed by atoms with Crippen LogP contribution in [0.4, 0.5) is 0 Å². The molecule has 6 aromatic carbocycles. The highest BCUT2D eigenvalue weighted by atomic mass is 16.4. The Morgan fingerprint density at radius 1 is 0.582 bits per heavy atom. The molecular weight excluding hydrogens is 677 g/mol. The van der Waals surface area contributed by atoms with Crippen LogP contribution in [0.3, 0.4) is 0 Å². The van der Waals surface area contributed by atoms with Gasteiger partial charge in [-0.05, 0) is 81.9 Å². The van der Waals surface area contributed by atoms with Gasteiger partial charge < -0.3 is 8.83 Å². The first-order chi connectivity index (χ1) is 26.5. The van der Waals surface area contributed by atoms with E-state index in [-0.39, 0.29) is 17.3 Å². The van der Waals surface area contributed by atoms with Crippen molar-refractivity contribution in [2.24, 2.45) is 0 Å². The van der Waals surface area contributed by atoms with Crippen molar-refractivity contribution in [2.75, 3.05) is 0 Å². The summed E-state index contributed by atoms with van der Waals surface area (Å²) in [6, 6.07) is 41.0. The Kier molecular flexibility index (Phi) is 7.34. The van der Waals surface area contributed by atoms with E-state index in [0.717, 1.165) is 66.2 Å². The van der Waals surface area contributed by atoms with Crippen LogP contribution in [0.2, 0.25) is 0 Å². The number of nitrogens with zero attached hydrogens (tertiary/aromatic N) is 4. The van der Waals surface area contributed by atoms with Gasteiger partial charge in [0.15, 0.2) is 5.58 Å². The molecule has 0 fully saturated rings. The smallest absolute Gasteiger partial charge is 0.227 e. The van der Waals surface area contributed by atoms with Crippen molar-refractivity contribution in [3.05, 3.63) is 132 Å². The van der Waals surface area contributed by atoms with Crippen molar-refractivity contribution in [3.63, 3.8) is 0 Å². The van der Waals surface area contributed by atoms with Crippen molar-refractivity contribution < 1.29 is 8.83 Å². The van der Waals surface area contributed by atoms with Crippen LogP contribution in [0.1, 0.15) is 77.3 Å². The molecule has 0 N–H and O–H groups in total. The molecule has 6 heteroatoms. The number of fused-ring (bicyclic) bond motifs is 9. The summed E-state index contributed by atoms with van der Waals surface area (Å²) < 4.78 is 15.5. The predicted octanol–water partition coefficient (Wildman–Crippen LogP) is 13.6. The van der Waals surface area contributed by atoms with Crippen LogP contribution in [0, 0.1) is 0 Å². The molecule has 0 aliphatic rings. The van der Waals surface area contributed by atoms with Crippen molar-refractivity contribution in [1.29, 1.82) is 0 Å². The minimum Gasteiger partial charge on any atom is -0.440 e. The predicted molar refractivity (Wildman–Crippen MR) is 226 cm³/mol. The molecule has 4 aromatic heterocycles. The Morgan fingerprint density at radius 2 is 1.29 bits per heavy atom. The van der Waals surface area contributed by atoms with Crippen LogP contribution >= 0.6 is 0 Å². The van der Waals surface area contributed by atoms with Crippen LogP contribution in [-0.4, -0.2) is 19.5 Å². The highest BCUT2D eigenvalue weighted by Crippen LogP contribution is 2.44. The lowest BCUT2D eigenvalue weighted by atomic mass is 9.88. The monoisotopic (exact) mass is 718 g/mol. The van der Waals surface area contributed by atoms with E-state index in [1.807, 2.05) is 6.07 Å². The fraction of sp³-hybridized carbons (Fsp3) is 0.204. The molecule has 0 aliphatic carbocycles. The van der Waals surface area contributed by atoms with E-state index >= 15 is 0 Å². The third kappa shape index (κ3) is 5.19. The lowest BCUT2D eigenvalue weighted by Crippen LogP contribution is -2.10. The molecule has 0 atom stereocenters. The first-order valence-corrected chi connectivity index (χ1v) is 19.3. The molecular formula is C49H42N4O2. The summed E-state index contributed by atoms with van der Waals surface area (Å²) in [5.41, 5.74) is 12.4. The summed E-state index contributed by atoms with van der Waals surface area (Å²) in [4.78, 5) is 15.5. The summed E-state index contributed by atoms with van der Waals surface area (Å²) in [7, 11) is 0. The maximum atomic E-state index is 6.85. The molecule has 0 saturated carbocycles. The van der Waals surface area contributed by atoms with Gasteiger partial charge >= 0.3 is 0 Å². The molecule has 0 saturated heterocycles. The zero-order valence-electron chi connectivity index (χ0n) is 32.2. The van der Waals surface area contributed by atoms with Gasteiger partial charge in [0.25, 0.3) is 0 Å². The van der Waals surface area contributed by atoms with Gasteiger partial charge in [-0.2, -0.15) is 0 Å². The van der Waals surface area contributed by atoms with Crippen LogP contribution in [0.25, 0.3) is 94.1 Å². The zero-order valence-corrected chi connectivity index (χ0v) is 32.2. The second-order valence-corrected chi connectivity index (χ2v) is 16.5. The molecule has 55 heavy (non-hydrogen) atoms. The number of hydrogen-bond donors (Lipinski definition) is 0. The summed E-state index contributed by atoms with van der Waals surface area (Å²) >= 11 is 0. The highest BCUT2D eigenvalue weighted by Gasteiger charge is 2.27. The van der Waals surface area contributed by atoms with E-state index < -0.39 is 0 Å². The van der Waals surface area contributed by atoms with Crippen molar-refractivity contribution in [3.8, 4) is 28.2 Å². The molecule has 10 aromatic rings. The number of pyridine rings is 1. The number of imidazole rings is 1. The minimum atomic E-state index is -0.229. The van der Waals surface area contributed by atoms with Crippen LogP contribution in [0.5, 0.6) is 0 Å². The van der Waals surface area contributed by atoms with Gasteiger partial charge in [0.2, 0.25) is 11.6 Å². The van der Waals surface area contributed by atoms with Gasteiger partial charge in [-0.1, -0.05) is 121 Å². The van der Waals surface area contributed by atoms with E-state index in [0.29, 0.717) is 11.6 Å². The fourth-order valence-corrected chi connectivity index (χ4v) is 8.19. The fourth-order valence-electron chi connectivity index (χ4n) is 8.19. The zero-order chi connectivity index (χ0) is 37.7. The van der Waals surface area contributed by atoms with E-state index in [1.54, 1.807) is 0 Å². The number of furan rings is 1. The van der Waals surface area contributed by atoms with Gasteiger partial charge in [-0.25, -0.2) is 15.0 Å². The molecule has 0 unspecified atom stereocenters. The molecule has 4 heterocycles. The normalized spacial score (nSPS) is 12.6. The van der Waals surface area contributed by atoms with Gasteiger partial charge in [0.05, 0.1) is 22.3 Å². The van der Waals surface area contributed by atoms with E-state index in [2.05, 4.69) is 162 Å². The second-order valence-electron chi connectivity index (χ2n) is 16.5. The Hall–Kier alpha value is -6.27. The van der Waals surface area contributed by atoms with Crippen molar-refractivity contribution >= 4 is 65.9 Å². The van der Waals surface area contributed by atoms with Crippen LogP contribution < -0.4 is 0 Å². The topological polar surface area (TPSA) is 69.9 Å². The van der Waals surface area contributed by atoms with Gasteiger partial charge in [0, 0.05) is 27.0 Å². The van der Waals surface area contributed by atoms with E-state index in [4.69, 9.17) is 23.8 Å². The SMILES string of the molecule is CC(C)c1cc(-c2ccccc2)cc(C(C)C)c1-n1c(-c2cccc3c2oc2nc4c(ccc5oc(C(C)(C)C)nc54)cc23)nc2ccc3ccccc3c21. The molecule has 0 amide bonds. The van der Waals surface area contributed by atoms with Gasteiger partial charge in [-0.15, -0.1) is 0 Å². The van der Waals surface area contributed by atoms with Crippen molar-refractivity contribution in [1.82, 2.24) is 19.5 Å². The molecule has 0 radical (unpaired) electrons. The lowest BCUT2D eigenvalue weighted by molar-refractivity contribution is 0.411.